The molecule has 2 rings (SSSR count). The van der Waals surface area contributed by atoms with Gasteiger partial charge in [-0.15, -0.1) is 0 Å². The van der Waals surface area contributed by atoms with Crippen LogP contribution in [0.4, 0.5) is 0 Å². The van der Waals surface area contributed by atoms with Gasteiger partial charge in [-0.3, -0.25) is 4.90 Å². The van der Waals surface area contributed by atoms with Gasteiger partial charge >= 0.3 is 0 Å². The Bertz CT molecular complexity index is 169. The van der Waals surface area contributed by atoms with Crippen LogP contribution >= 0.6 is 0 Å². The van der Waals surface area contributed by atoms with E-state index in [4.69, 9.17) is 0 Å². The summed E-state index contributed by atoms with van der Waals surface area (Å²) in [6, 6.07) is 0.827. The first-order valence-electron chi connectivity index (χ1n) is 5.70. The molecule has 76 valence electrons. The van der Waals surface area contributed by atoms with Crippen molar-refractivity contribution in [1.82, 2.24) is 10.2 Å². The van der Waals surface area contributed by atoms with Crippen LogP contribution in [0.15, 0.2) is 0 Å². The van der Waals surface area contributed by atoms with Crippen molar-refractivity contribution in [3.63, 3.8) is 0 Å². The van der Waals surface area contributed by atoms with Gasteiger partial charge in [-0.2, -0.15) is 0 Å². The predicted molar refractivity (Wildman–Crippen MR) is 55.8 cm³/mol. The first-order chi connectivity index (χ1) is 6.25. The van der Waals surface area contributed by atoms with Crippen molar-refractivity contribution in [2.75, 3.05) is 26.2 Å². The first-order valence-corrected chi connectivity index (χ1v) is 5.70. The smallest absolute Gasteiger partial charge is 0.0223 e. The first kappa shape index (κ1) is 9.47. The van der Waals surface area contributed by atoms with Gasteiger partial charge in [0, 0.05) is 19.1 Å². The van der Waals surface area contributed by atoms with E-state index in [2.05, 4.69) is 24.1 Å². The molecule has 1 N–H and O–H groups in total. The number of hydrogen-bond acceptors (Lipinski definition) is 2. The van der Waals surface area contributed by atoms with Crippen LogP contribution in [0.3, 0.4) is 0 Å². The average Bonchev–Trinajstić information content (AvgIpc) is 2.52. The molecule has 0 bridgehead atoms. The number of nitrogens with one attached hydrogen (secondary N) is 1. The molecule has 2 aliphatic rings. The number of likely N-dealkylation sites (tertiary alicyclic amines) is 1. The maximum absolute atomic E-state index is 3.53. The minimum atomic E-state index is 0.827. The number of nitrogens with zero attached hydrogens (tertiary/aromatic N) is 1. The zero-order valence-corrected chi connectivity index (χ0v) is 8.92. The van der Waals surface area contributed by atoms with Gasteiger partial charge in [0.05, 0.1) is 0 Å². The fourth-order valence-corrected chi connectivity index (χ4v) is 2.71. The highest BCUT2D eigenvalue weighted by molar-refractivity contribution is 4.85. The molecule has 2 nitrogen and oxygen atoms in total. The van der Waals surface area contributed by atoms with E-state index in [1.807, 2.05) is 0 Å². The van der Waals surface area contributed by atoms with Gasteiger partial charge in [0.1, 0.15) is 0 Å². The summed E-state index contributed by atoms with van der Waals surface area (Å²) < 4.78 is 0. The van der Waals surface area contributed by atoms with Crippen LogP contribution in [-0.4, -0.2) is 37.1 Å². The molecule has 2 heteroatoms. The molecule has 3 atom stereocenters. The van der Waals surface area contributed by atoms with Gasteiger partial charge in [0.25, 0.3) is 0 Å². The van der Waals surface area contributed by atoms with Crippen LogP contribution in [0.25, 0.3) is 0 Å². The van der Waals surface area contributed by atoms with Gasteiger partial charge < -0.3 is 5.32 Å². The lowest BCUT2D eigenvalue weighted by molar-refractivity contribution is 0.172. The minimum Gasteiger partial charge on any atom is -0.315 e. The van der Waals surface area contributed by atoms with Crippen LogP contribution in [0.1, 0.15) is 26.7 Å². The van der Waals surface area contributed by atoms with Crippen molar-refractivity contribution in [3.05, 3.63) is 0 Å². The molecule has 0 aromatic heterocycles. The van der Waals surface area contributed by atoms with E-state index >= 15 is 0 Å². The van der Waals surface area contributed by atoms with Crippen LogP contribution in [0.5, 0.6) is 0 Å². The maximum Gasteiger partial charge on any atom is 0.0223 e. The van der Waals surface area contributed by atoms with Crippen molar-refractivity contribution >= 4 is 0 Å². The Balaban J connectivity index is 1.85. The maximum atomic E-state index is 3.53. The van der Waals surface area contributed by atoms with Gasteiger partial charge in [-0.1, -0.05) is 13.8 Å². The molecule has 0 aromatic rings. The van der Waals surface area contributed by atoms with E-state index in [1.54, 1.807) is 0 Å². The summed E-state index contributed by atoms with van der Waals surface area (Å²) >= 11 is 0. The van der Waals surface area contributed by atoms with Gasteiger partial charge in [-0.05, 0) is 37.8 Å². The van der Waals surface area contributed by atoms with E-state index in [0.717, 1.165) is 17.9 Å². The standard InChI is InChI=1S/C11H22N2/c1-9-3-4-13(8-9)11-5-10(2)6-12-7-11/h9-12H,3-8H2,1-2H3. The number of piperidine rings is 1. The summed E-state index contributed by atoms with van der Waals surface area (Å²) in [5.74, 6) is 1.80. The second-order valence-electron chi connectivity index (χ2n) is 5.04. The van der Waals surface area contributed by atoms with E-state index in [9.17, 15) is 0 Å². The predicted octanol–water partition coefficient (Wildman–Crippen LogP) is 1.33. The molecule has 2 heterocycles. The van der Waals surface area contributed by atoms with Crippen molar-refractivity contribution < 1.29 is 0 Å². The molecular formula is C11H22N2. The number of rotatable bonds is 1. The average molecular weight is 182 g/mol. The molecule has 3 unspecified atom stereocenters. The molecule has 0 radical (unpaired) electrons. The highest BCUT2D eigenvalue weighted by Crippen LogP contribution is 2.22. The SMILES string of the molecule is CC1CNCC(N2CCC(C)C2)C1. The Morgan fingerprint density at radius 2 is 2.00 bits per heavy atom. The summed E-state index contributed by atoms with van der Waals surface area (Å²) in [7, 11) is 0. The summed E-state index contributed by atoms with van der Waals surface area (Å²) in [6.07, 6.45) is 2.81. The summed E-state index contributed by atoms with van der Waals surface area (Å²) in [5.41, 5.74) is 0. The molecule has 13 heavy (non-hydrogen) atoms. The van der Waals surface area contributed by atoms with Gasteiger partial charge in [0.15, 0.2) is 0 Å². The van der Waals surface area contributed by atoms with E-state index in [1.165, 1.54) is 39.0 Å². The van der Waals surface area contributed by atoms with Crippen LogP contribution in [0.2, 0.25) is 0 Å². The lowest BCUT2D eigenvalue weighted by Crippen LogP contribution is -2.47. The largest absolute Gasteiger partial charge is 0.315 e. The minimum absolute atomic E-state index is 0.827. The highest BCUT2D eigenvalue weighted by Gasteiger charge is 2.28. The summed E-state index contributed by atoms with van der Waals surface area (Å²) in [6.45, 7) is 9.84. The molecule has 0 aromatic carbocycles. The summed E-state index contributed by atoms with van der Waals surface area (Å²) in [4.78, 5) is 2.69. The monoisotopic (exact) mass is 182 g/mol. The van der Waals surface area contributed by atoms with Crippen molar-refractivity contribution in [3.8, 4) is 0 Å². The Labute approximate surface area is 81.7 Å². The molecule has 0 spiro atoms. The normalized spacial score (nSPS) is 42.5. The van der Waals surface area contributed by atoms with E-state index < -0.39 is 0 Å². The van der Waals surface area contributed by atoms with Gasteiger partial charge in [0.2, 0.25) is 0 Å². The van der Waals surface area contributed by atoms with Crippen molar-refractivity contribution in [2.24, 2.45) is 11.8 Å². The van der Waals surface area contributed by atoms with Crippen LogP contribution in [0, 0.1) is 11.8 Å². The highest BCUT2D eigenvalue weighted by atomic mass is 15.2. The van der Waals surface area contributed by atoms with Gasteiger partial charge in [-0.25, -0.2) is 0 Å². The molecule has 2 aliphatic heterocycles. The fraction of sp³-hybridized carbons (Fsp3) is 1.00. The third-order valence-corrected chi connectivity index (χ3v) is 3.52. The van der Waals surface area contributed by atoms with E-state index in [-0.39, 0.29) is 0 Å². The lowest BCUT2D eigenvalue weighted by atomic mass is 9.97. The molecule has 0 saturated carbocycles. The third-order valence-electron chi connectivity index (χ3n) is 3.52. The van der Waals surface area contributed by atoms with Crippen molar-refractivity contribution in [2.45, 2.75) is 32.7 Å². The van der Waals surface area contributed by atoms with E-state index in [0.29, 0.717) is 0 Å². The Morgan fingerprint density at radius 3 is 2.62 bits per heavy atom. The Morgan fingerprint density at radius 1 is 1.15 bits per heavy atom. The zero-order chi connectivity index (χ0) is 9.26. The Kier molecular flexibility index (Phi) is 2.89. The molecule has 2 saturated heterocycles. The quantitative estimate of drug-likeness (QED) is 0.658. The Hall–Kier alpha value is -0.0800. The molecule has 0 amide bonds. The fourth-order valence-electron chi connectivity index (χ4n) is 2.71. The topological polar surface area (TPSA) is 15.3 Å². The second-order valence-corrected chi connectivity index (χ2v) is 5.04. The van der Waals surface area contributed by atoms with Crippen molar-refractivity contribution in [1.29, 1.82) is 0 Å². The molecular weight excluding hydrogens is 160 g/mol. The second kappa shape index (κ2) is 3.97. The van der Waals surface area contributed by atoms with Crippen LogP contribution < -0.4 is 5.32 Å². The third kappa shape index (κ3) is 2.23. The van der Waals surface area contributed by atoms with Crippen LogP contribution in [-0.2, 0) is 0 Å². The lowest BCUT2D eigenvalue weighted by Gasteiger charge is -2.34. The zero-order valence-electron chi connectivity index (χ0n) is 8.92. The molecule has 0 aliphatic carbocycles. The number of hydrogen-bond donors (Lipinski definition) is 1. The summed E-state index contributed by atoms with van der Waals surface area (Å²) in [5, 5.41) is 3.53. The molecule has 2 fully saturated rings.